The first-order chi connectivity index (χ1) is 11.3. The van der Waals surface area contributed by atoms with Crippen LogP contribution in [0.25, 0.3) is 0 Å². The molecule has 2 heterocycles. The molecule has 1 aliphatic heterocycles. The smallest absolute Gasteiger partial charge is 0.184 e. The summed E-state index contributed by atoms with van der Waals surface area (Å²) in [6.45, 7) is 1.02. The van der Waals surface area contributed by atoms with Gasteiger partial charge in [-0.3, -0.25) is 0 Å². The van der Waals surface area contributed by atoms with Crippen molar-refractivity contribution in [3.63, 3.8) is 0 Å². The highest BCUT2D eigenvalue weighted by atomic mass is 32.1. The summed E-state index contributed by atoms with van der Waals surface area (Å²) in [5.74, 6) is 1.33. The quantitative estimate of drug-likeness (QED) is 0.686. The maximum Gasteiger partial charge on any atom is 0.184 e. The van der Waals surface area contributed by atoms with E-state index in [-0.39, 0.29) is 0 Å². The minimum absolute atomic E-state index is 0.486. The van der Waals surface area contributed by atoms with Crippen LogP contribution in [0.3, 0.4) is 0 Å². The molecule has 0 unspecified atom stereocenters. The van der Waals surface area contributed by atoms with Crippen LogP contribution in [0, 0.1) is 0 Å². The van der Waals surface area contributed by atoms with Gasteiger partial charge < -0.3 is 14.0 Å². The van der Waals surface area contributed by atoms with E-state index >= 15 is 0 Å². The standard InChI is InChI=1S/C18H15O3PS/c19-22(14-7-3-1-4-8-14,15-9-5-2-6-10-15)18-17-16(13-23-18)20-11-12-21-17/h1-10,13H,11-12H2. The largest absolute Gasteiger partial charge is 0.485 e. The summed E-state index contributed by atoms with van der Waals surface area (Å²) in [6, 6.07) is 19.2. The van der Waals surface area contributed by atoms with Crippen molar-refractivity contribution in [3.05, 3.63) is 66.0 Å². The molecule has 23 heavy (non-hydrogen) atoms. The molecular weight excluding hydrogens is 327 g/mol. The number of hydrogen-bond acceptors (Lipinski definition) is 4. The average molecular weight is 342 g/mol. The zero-order chi connectivity index (χ0) is 15.7. The molecule has 0 fully saturated rings. The molecule has 0 bridgehead atoms. The number of thiophene rings is 1. The number of benzene rings is 2. The topological polar surface area (TPSA) is 35.5 Å². The van der Waals surface area contributed by atoms with E-state index < -0.39 is 7.14 Å². The zero-order valence-electron chi connectivity index (χ0n) is 12.3. The van der Waals surface area contributed by atoms with Gasteiger partial charge in [-0.05, 0) is 0 Å². The molecular formula is C18H15O3PS. The van der Waals surface area contributed by atoms with E-state index in [2.05, 4.69) is 0 Å². The van der Waals surface area contributed by atoms with Gasteiger partial charge in [-0.25, -0.2) is 0 Å². The molecule has 0 amide bonds. The molecule has 0 spiro atoms. The molecule has 0 N–H and O–H groups in total. The van der Waals surface area contributed by atoms with E-state index in [0.717, 1.165) is 15.2 Å². The third kappa shape index (κ3) is 2.39. The van der Waals surface area contributed by atoms with E-state index in [1.807, 2.05) is 66.0 Å². The van der Waals surface area contributed by atoms with Gasteiger partial charge in [0.25, 0.3) is 0 Å². The van der Waals surface area contributed by atoms with Crippen molar-refractivity contribution in [2.45, 2.75) is 0 Å². The predicted octanol–water partition coefficient (Wildman–Crippen LogP) is 3.16. The van der Waals surface area contributed by atoms with Gasteiger partial charge in [-0.15, -0.1) is 11.3 Å². The molecule has 116 valence electrons. The molecule has 0 saturated heterocycles. The number of hydrogen-bond donors (Lipinski definition) is 0. The molecule has 3 nitrogen and oxygen atoms in total. The van der Waals surface area contributed by atoms with E-state index in [9.17, 15) is 4.57 Å². The first-order valence-corrected chi connectivity index (χ1v) is 9.98. The Kier molecular flexibility index (Phi) is 3.72. The van der Waals surface area contributed by atoms with Gasteiger partial charge >= 0.3 is 0 Å². The maximum atomic E-state index is 14.2. The Hall–Kier alpha value is -2.03. The summed E-state index contributed by atoms with van der Waals surface area (Å²) in [5.41, 5.74) is 0. The third-order valence-electron chi connectivity index (χ3n) is 3.81. The minimum Gasteiger partial charge on any atom is -0.485 e. The highest BCUT2D eigenvalue weighted by molar-refractivity contribution is 7.89. The summed E-state index contributed by atoms with van der Waals surface area (Å²) < 4.78 is 26.4. The Morgan fingerprint density at radius 3 is 2.00 bits per heavy atom. The highest BCUT2D eigenvalue weighted by Crippen LogP contribution is 2.50. The molecule has 3 aromatic rings. The Morgan fingerprint density at radius 2 is 1.39 bits per heavy atom. The van der Waals surface area contributed by atoms with E-state index in [0.29, 0.717) is 24.7 Å². The van der Waals surface area contributed by atoms with Crippen LogP contribution >= 0.6 is 18.5 Å². The molecule has 1 aliphatic rings. The molecule has 0 aliphatic carbocycles. The fraction of sp³-hybridized carbons (Fsp3) is 0.111. The lowest BCUT2D eigenvalue weighted by Crippen LogP contribution is -2.26. The predicted molar refractivity (Wildman–Crippen MR) is 94.7 cm³/mol. The minimum atomic E-state index is -2.98. The second-order valence-electron chi connectivity index (χ2n) is 5.21. The van der Waals surface area contributed by atoms with Crippen molar-refractivity contribution >= 4 is 33.7 Å². The van der Waals surface area contributed by atoms with Gasteiger partial charge in [0.15, 0.2) is 18.6 Å². The normalized spacial score (nSPS) is 13.7. The summed E-state index contributed by atoms with van der Waals surface area (Å²) in [6.07, 6.45) is 0. The Balaban J connectivity index is 1.97. The second kappa shape index (κ2) is 5.88. The molecule has 0 saturated carbocycles. The van der Waals surface area contributed by atoms with Gasteiger partial charge in [0.2, 0.25) is 0 Å². The third-order valence-corrected chi connectivity index (χ3v) is 8.46. The van der Waals surface area contributed by atoms with Crippen molar-refractivity contribution in [3.8, 4) is 11.5 Å². The average Bonchev–Trinajstić information content (AvgIpc) is 3.07. The van der Waals surface area contributed by atoms with Crippen molar-refractivity contribution in [2.75, 3.05) is 13.2 Å². The second-order valence-corrected chi connectivity index (χ2v) is 9.09. The molecule has 5 heteroatoms. The van der Waals surface area contributed by atoms with E-state index in [1.54, 1.807) is 0 Å². The van der Waals surface area contributed by atoms with Crippen LogP contribution in [0.5, 0.6) is 11.5 Å². The van der Waals surface area contributed by atoms with Crippen LogP contribution in [0.15, 0.2) is 66.0 Å². The van der Waals surface area contributed by atoms with Crippen LogP contribution in [0.1, 0.15) is 0 Å². The lowest BCUT2D eigenvalue weighted by molar-refractivity contribution is 0.174. The van der Waals surface area contributed by atoms with Gasteiger partial charge in [-0.2, -0.15) is 0 Å². The monoisotopic (exact) mass is 342 g/mol. The summed E-state index contributed by atoms with van der Waals surface area (Å²) in [4.78, 5) is 0. The first-order valence-electron chi connectivity index (χ1n) is 7.39. The summed E-state index contributed by atoms with van der Waals surface area (Å²) in [7, 11) is -2.98. The van der Waals surface area contributed by atoms with Crippen molar-refractivity contribution in [1.29, 1.82) is 0 Å². The lowest BCUT2D eigenvalue weighted by atomic mass is 10.4. The van der Waals surface area contributed by atoms with E-state index in [4.69, 9.17) is 9.47 Å². The molecule has 2 aromatic carbocycles. The number of fused-ring (bicyclic) bond motifs is 1. The van der Waals surface area contributed by atoms with Gasteiger partial charge in [0.1, 0.15) is 17.8 Å². The SMILES string of the molecule is O=P(c1ccccc1)(c1ccccc1)c1scc2c1OCCO2. The maximum absolute atomic E-state index is 14.2. The number of ether oxygens (including phenoxy) is 2. The lowest BCUT2D eigenvalue weighted by Gasteiger charge is -2.22. The van der Waals surface area contributed by atoms with Crippen LogP contribution in [-0.2, 0) is 4.57 Å². The van der Waals surface area contributed by atoms with Gasteiger partial charge in [0, 0.05) is 16.0 Å². The van der Waals surface area contributed by atoms with E-state index in [1.165, 1.54) is 11.3 Å². The van der Waals surface area contributed by atoms with Crippen molar-refractivity contribution in [1.82, 2.24) is 0 Å². The fourth-order valence-electron chi connectivity index (χ4n) is 2.73. The Morgan fingerprint density at radius 1 is 0.826 bits per heavy atom. The van der Waals surface area contributed by atoms with Crippen molar-refractivity contribution in [2.24, 2.45) is 0 Å². The van der Waals surface area contributed by atoms with Crippen LogP contribution in [0.2, 0.25) is 0 Å². The van der Waals surface area contributed by atoms with Gasteiger partial charge in [0.05, 0.1) is 0 Å². The van der Waals surface area contributed by atoms with Crippen LogP contribution in [-0.4, -0.2) is 13.2 Å². The summed E-state index contributed by atoms with van der Waals surface area (Å²) >= 11 is 1.45. The molecule has 0 radical (unpaired) electrons. The van der Waals surface area contributed by atoms with Crippen LogP contribution < -0.4 is 24.7 Å². The van der Waals surface area contributed by atoms with Gasteiger partial charge in [-0.1, -0.05) is 60.7 Å². The number of rotatable bonds is 3. The first kappa shape index (κ1) is 14.6. The Labute approximate surface area is 138 Å². The van der Waals surface area contributed by atoms with Crippen LogP contribution in [0.4, 0.5) is 0 Å². The summed E-state index contributed by atoms with van der Waals surface area (Å²) in [5, 5.41) is 3.51. The van der Waals surface area contributed by atoms with Crippen molar-refractivity contribution < 1.29 is 14.0 Å². The molecule has 4 rings (SSSR count). The zero-order valence-corrected chi connectivity index (χ0v) is 14.1. The Bertz CT molecular complexity index is 815. The highest BCUT2D eigenvalue weighted by Gasteiger charge is 2.36. The molecule has 1 aromatic heterocycles. The molecule has 0 atom stereocenters. The fourth-order valence-corrected chi connectivity index (χ4v) is 7.18.